The molecular formula is C27H32N4. The van der Waals surface area contributed by atoms with Crippen LogP contribution in [0.3, 0.4) is 0 Å². The molecule has 4 nitrogen and oxygen atoms in total. The number of hydrogen-bond donors (Lipinski definition) is 1. The van der Waals surface area contributed by atoms with Crippen LogP contribution >= 0.6 is 0 Å². The normalized spacial score (nSPS) is 20.3. The van der Waals surface area contributed by atoms with Gasteiger partial charge >= 0.3 is 0 Å². The summed E-state index contributed by atoms with van der Waals surface area (Å²) in [5.41, 5.74) is 13.8. The Morgan fingerprint density at radius 1 is 0.871 bits per heavy atom. The third-order valence-corrected chi connectivity index (χ3v) is 7.03. The first kappa shape index (κ1) is 20.3. The highest BCUT2D eigenvalue weighted by Gasteiger charge is 2.30. The Morgan fingerprint density at radius 2 is 1.65 bits per heavy atom. The Morgan fingerprint density at radius 3 is 2.48 bits per heavy atom. The monoisotopic (exact) mass is 412 g/mol. The molecule has 31 heavy (non-hydrogen) atoms. The smallest absolute Gasteiger partial charge is 0.0607 e. The zero-order valence-electron chi connectivity index (χ0n) is 18.2. The van der Waals surface area contributed by atoms with E-state index >= 15 is 0 Å². The van der Waals surface area contributed by atoms with Crippen LogP contribution < -0.4 is 5.73 Å². The molecule has 0 saturated carbocycles. The number of fused-ring (bicyclic) bond motifs is 2. The van der Waals surface area contributed by atoms with Crippen LogP contribution in [0.2, 0.25) is 0 Å². The second-order valence-electron chi connectivity index (χ2n) is 9.12. The third-order valence-electron chi connectivity index (χ3n) is 7.03. The zero-order chi connectivity index (χ0) is 21.0. The summed E-state index contributed by atoms with van der Waals surface area (Å²) in [7, 11) is 0. The number of benzene rings is 1. The SMILES string of the molecule is NCc1ccc(CN(CC2CCc3cccnc3C2)[C@H]2CCCc3cccnc32)cc1. The van der Waals surface area contributed by atoms with Crippen LogP contribution in [-0.4, -0.2) is 21.4 Å². The summed E-state index contributed by atoms with van der Waals surface area (Å²) in [6, 6.07) is 17.9. The van der Waals surface area contributed by atoms with Gasteiger partial charge < -0.3 is 5.73 Å². The Labute approximate surface area is 185 Å². The van der Waals surface area contributed by atoms with E-state index in [0.29, 0.717) is 18.5 Å². The molecule has 2 aromatic heterocycles. The van der Waals surface area contributed by atoms with Gasteiger partial charge in [-0.2, -0.15) is 0 Å². The van der Waals surface area contributed by atoms with Crippen molar-refractivity contribution in [3.05, 3.63) is 94.6 Å². The molecule has 2 N–H and O–H groups in total. The van der Waals surface area contributed by atoms with Crippen LogP contribution in [0.1, 0.15) is 58.9 Å². The van der Waals surface area contributed by atoms with Gasteiger partial charge in [0.05, 0.1) is 11.7 Å². The van der Waals surface area contributed by atoms with Crippen molar-refractivity contribution in [3.63, 3.8) is 0 Å². The van der Waals surface area contributed by atoms with Gasteiger partial charge in [0.2, 0.25) is 0 Å². The molecule has 0 spiro atoms. The molecule has 5 rings (SSSR count). The molecule has 0 aliphatic heterocycles. The first-order chi connectivity index (χ1) is 15.3. The standard InChI is InChI=1S/C27H32N4/c28-17-20-8-10-21(11-9-20)18-31(26-7-1-4-24-6-3-15-30-27(24)26)19-22-12-13-23-5-2-14-29-25(23)16-22/h2-3,5-6,8-11,14-15,22,26H,1,4,7,12-13,16-19,28H2/t22?,26-/m0/s1. The molecule has 0 fully saturated rings. The lowest BCUT2D eigenvalue weighted by Gasteiger charge is -2.38. The lowest BCUT2D eigenvalue weighted by molar-refractivity contribution is 0.133. The van der Waals surface area contributed by atoms with Crippen molar-refractivity contribution in [1.29, 1.82) is 0 Å². The van der Waals surface area contributed by atoms with Gasteiger partial charge in [0, 0.05) is 37.7 Å². The fourth-order valence-electron chi connectivity index (χ4n) is 5.36. The highest BCUT2D eigenvalue weighted by molar-refractivity contribution is 5.27. The van der Waals surface area contributed by atoms with Crippen molar-refractivity contribution in [2.45, 2.75) is 57.7 Å². The molecule has 0 bridgehead atoms. The quantitative estimate of drug-likeness (QED) is 0.642. The van der Waals surface area contributed by atoms with Gasteiger partial charge in [-0.05, 0) is 78.8 Å². The van der Waals surface area contributed by atoms with E-state index in [1.807, 2.05) is 12.4 Å². The summed E-state index contributed by atoms with van der Waals surface area (Å²) in [5, 5.41) is 0. The molecule has 3 aromatic rings. The molecule has 2 aliphatic carbocycles. The fraction of sp³-hybridized carbons (Fsp3) is 0.407. The van der Waals surface area contributed by atoms with Crippen LogP contribution in [-0.2, 0) is 32.4 Å². The molecular weight excluding hydrogens is 380 g/mol. The maximum atomic E-state index is 5.81. The lowest BCUT2D eigenvalue weighted by atomic mass is 9.85. The number of hydrogen-bond acceptors (Lipinski definition) is 4. The van der Waals surface area contributed by atoms with E-state index in [0.717, 1.165) is 32.4 Å². The molecule has 1 unspecified atom stereocenters. The summed E-state index contributed by atoms with van der Waals surface area (Å²) >= 11 is 0. The third kappa shape index (κ3) is 4.56. The highest BCUT2D eigenvalue weighted by atomic mass is 15.2. The van der Waals surface area contributed by atoms with Gasteiger partial charge in [0.1, 0.15) is 0 Å². The second-order valence-corrected chi connectivity index (χ2v) is 9.12. The highest BCUT2D eigenvalue weighted by Crippen LogP contribution is 2.35. The van der Waals surface area contributed by atoms with Crippen LogP contribution in [0.15, 0.2) is 60.9 Å². The largest absolute Gasteiger partial charge is 0.326 e. The maximum Gasteiger partial charge on any atom is 0.0607 e. The second kappa shape index (κ2) is 9.29. The minimum atomic E-state index is 0.393. The Bertz CT molecular complexity index is 1010. The van der Waals surface area contributed by atoms with Crippen LogP contribution in [0.5, 0.6) is 0 Å². The van der Waals surface area contributed by atoms with E-state index in [2.05, 4.69) is 58.4 Å². The number of pyridine rings is 2. The van der Waals surface area contributed by atoms with Crippen LogP contribution in [0.25, 0.3) is 0 Å². The Hall–Kier alpha value is -2.56. The molecule has 2 atom stereocenters. The number of aromatic nitrogens is 2. The van der Waals surface area contributed by atoms with Crippen LogP contribution in [0.4, 0.5) is 0 Å². The average molecular weight is 413 g/mol. The van der Waals surface area contributed by atoms with E-state index in [1.165, 1.54) is 52.9 Å². The van der Waals surface area contributed by atoms with Gasteiger partial charge in [0.15, 0.2) is 0 Å². The van der Waals surface area contributed by atoms with Gasteiger partial charge in [-0.15, -0.1) is 0 Å². The Kier molecular flexibility index (Phi) is 6.10. The van der Waals surface area contributed by atoms with Gasteiger partial charge in [-0.1, -0.05) is 36.4 Å². The number of rotatable bonds is 6. The van der Waals surface area contributed by atoms with Crippen molar-refractivity contribution in [3.8, 4) is 0 Å². The van der Waals surface area contributed by atoms with Crippen molar-refractivity contribution in [1.82, 2.24) is 14.9 Å². The minimum Gasteiger partial charge on any atom is -0.326 e. The average Bonchev–Trinajstić information content (AvgIpc) is 2.83. The molecule has 0 radical (unpaired) electrons. The summed E-state index contributed by atoms with van der Waals surface area (Å²) < 4.78 is 0. The minimum absolute atomic E-state index is 0.393. The molecule has 0 amide bonds. The summed E-state index contributed by atoms with van der Waals surface area (Å²) in [4.78, 5) is 12.2. The maximum absolute atomic E-state index is 5.81. The van der Waals surface area contributed by atoms with Gasteiger partial charge in [-0.25, -0.2) is 0 Å². The summed E-state index contributed by atoms with van der Waals surface area (Å²) in [5.74, 6) is 0.639. The van der Waals surface area contributed by atoms with Crippen molar-refractivity contribution in [2.24, 2.45) is 11.7 Å². The number of aryl methyl sites for hydroxylation is 2. The topological polar surface area (TPSA) is 55.0 Å². The Balaban J connectivity index is 1.40. The van der Waals surface area contributed by atoms with E-state index < -0.39 is 0 Å². The van der Waals surface area contributed by atoms with E-state index in [-0.39, 0.29) is 0 Å². The van der Waals surface area contributed by atoms with E-state index in [9.17, 15) is 0 Å². The lowest BCUT2D eigenvalue weighted by Crippen LogP contribution is -2.37. The van der Waals surface area contributed by atoms with Crippen molar-refractivity contribution < 1.29 is 0 Å². The molecule has 4 heteroatoms. The summed E-state index contributed by atoms with van der Waals surface area (Å²) in [6.07, 6.45) is 11.0. The number of nitrogens with two attached hydrogens (primary N) is 1. The molecule has 2 heterocycles. The first-order valence-corrected chi connectivity index (χ1v) is 11.7. The summed E-state index contributed by atoms with van der Waals surface area (Å²) in [6.45, 7) is 2.64. The predicted molar refractivity (Wildman–Crippen MR) is 124 cm³/mol. The predicted octanol–water partition coefficient (Wildman–Crippen LogP) is 4.62. The zero-order valence-corrected chi connectivity index (χ0v) is 18.2. The van der Waals surface area contributed by atoms with E-state index in [1.54, 1.807) is 0 Å². The van der Waals surface area contributed by atoms with E-state index in [4.69, 9.17) is 10.7 Å². The van der Waals surface area contributed by atoms with Gasteiger partial charge in [0.25, 0.3) is 0 Å². The molecule has 2 aliphatic rings. The first-order valence-electron chi connectivity index (χ1n) is 11.7. The molecule has 0 saturated heterocycles. The molecule has 1 aromatic carbocycles. The molecule has 160 valence electrons. The van der Waals surface area contributed by atoms with Crippen molar-refractivity contribution >= 4 is 0 Å². The fourth-order valence-corrected chi connectivity index (χ4v) is 5.36. The van der Waals surface area contributed by atoms with Crippen molar-refractivity contribution in [2.75, 3.05) is 6.54 Å². The van der Waals surface area contributed by atoms with Crippen LogP contribution in [0, 0.1) is 5.92 Å². The number of nitrogens with zero attached hydrogens (tertiary/aromatic N) is 3. The van der Waals surface area contributed by atoms with Gasteiger partial charge in [-0.3, -0.25) is 14.9 Å².